The monoisotopic (exact) mass is 554 g/mol. The third kappa shape index (κ3) is 4.62. The van der Waals surface area contributed by atoms with Crippen molar-refractivity contribution in [3.8, 4) is 34.7 Å². The molecule has 3 heterocycles. The van der Waals surface area contributed by atoms with Gasteiger partial charge in [0.05, 0.1) is 29.7 Å². The van der Waals surface area contributed by atoms with Gasteiger partial charge in [-0.2, -0.15) is 10.5 Å². The molecule has 4 aromatic rings. The topological polar surface area (TPSA) is 124 Å². The molecule has 1 N–H and O–H groups in total. The summed E-state index contributed by atoms with van der Waals surface area (Å²) in [7, 11) is 1.88. The van der Waals surface area contributed by atoms with Crippen molar-refractivity contribution in [1.29, 1.82) is 10.5 Å². The van der Waals surface area contributed by atoms with Gasteiger partial charge in [-0.3, -0.25) is 9.69 Å². The van der Waals surface area contributed by atoms with Crippen LogP contribution in [0.1, 0.15) is 70.8 Å². The highest BCUT2D eigenvalue weighted by molar-refractivity contribution is 6.10. The SMILES string of the molecule is Cn1cnnc1-c1cc(C#N)ccc1-c1cc(C2CC2)nc(N2Cc3ccc(CNCC4(C#N)CCC4)cc3C2=O)c1. The lowest BCUT2D eigenvalue weighted by atomic mass is 9.70. The number of pyridine rings is 1. The smallest absolute Gasteiger partial charge is 0.260 e. The van der Waals surface area contributed by atoms with E-state index in [2.05, 4.69) is 39.8 Å². The van der Waals surface area contributed by atoms with Crippen LogP contribution in [-0.4, -0.2) is 32.2 Å². The first-order valence-corrected chi connectivity index (χ1v) is 14.4. The highest BCUT2D eigenvalue weighted by Crippen LogP contribution is 2.43. The average molecular weight is 555 g/mol. The van der Waals surface area contributed by atoms with Gasteiger partial charge in [0.25, 0.3) is 5.91 Å². The van der Waals surface area contributed by atoms with Gasteiger partial charge in [-0.1, -0.05) is 24.6 Å². The van der Waals surface area contributed by atoms with Crippen molar-refractivity contribution < 1.29 is 4.79 Å². The van der Waals surface area contributed by atoms with Crippen molar-refractivity contribution in [2.75, 3.05) is 11.4 Å². The van der Waals surface area contributed by atoms with Crippen LogP contribution in [-0.2, 0) is 20.1 Å². The second-order valence-corrected chi connectivity index (χ2v) is 11.8. The van der Waals surface area contributed by atoms with E-state index < -0.39 is 0 Å². The van der Waals surface area contributed by atoms with Crippen LogP contribution in [0.15, 0.2) is 54.9 Å². The largest absolute Gasteiger partial charge is 0.317 e. The molecule has 7 rings (SSSR count). The van der Waals surface area contributed by atoms with E-state index in [0.29, 0.717) is 48.3 Å². The number of aryl methyl sites for hydroxylation is 1. The van der Waals surface area contributed by atoms with Gasteiger partial charge >= 0.3 is 0 Å². The molecule has 2 aliphatic carbocycles. The number of rotatable bonds is 8. The summed E-state index contributed by atoms with van der Waals surface area (Å²) < 4.78 is 1.84. The number of anilines is 1. The van der Waals surface area contributed by atoms with Gasteiger partial charge in [0, 0.05) is 42.9 Å². The van der Waals surface area contributed by atoms with Crippen molar-refractivity contribution in [2.45, 2.75) is 51.1 Å². The fourth-order valence-corrected chi connectivity index (χ4v) is 6.02. The molecule has 1 aliphatic heterocycles. The van der Waals surface area contributed by atoms with Crippen LogP contribution in [0.25, 0.3) is 22.5 Å². The van der Waals surface area contributed by atoms with E-state index in [9.17, 15) is 15.3 Å². The van der Waals surface area contributed by atoms with Gasteiger partial charge in [-0.05, 0) is 78.3 Å². The molecule has 9 nitrogen and oxygen atoms in total. The summed E-state index contributed by atoms with van der Waals surface area (Å²) in [5.74, 6) is 1.62. The molecule has 2 aromatic heterocycles. The fraction of sp³-hybridized carbons (Fsp3) is 0.333. The molecule has 0 saturated heterocycles. The summed E-state index contributed by atoms with van der Waals surface area (Å²) in [6, 6.07) is 20.4. The molecule has 2 fully saturated rings. The first-order chi connectivity index (χ1) is 20.5. The maximum Gasteiger partial charge on any atom is 0.260 e. The Morgan fingerprint density at radius 3 is 2.60 bits per heavy atom. The lowest BCUT2D eigenvalue weighted by Gasteiger charge is -2.35. The Morgan fingerprint density at radius 2 is 1.90 bits per heavy atom. The number of carbonyl (C=O) groups excluding carboxylic acids is 1. The summed E-state index contributed by atoms with van der Waals surface area (Å²) in [5, 5.41) is 30.9. The normalized spacial score (nSPS) is 16.9. The molecular formula is C33H30N8O. The second kappa shape index (κ2) is 10.2. The van der Waals surface area contributed by atoms with E-state index in [1.54, 1.807) is 11.2 Å². The number of hydrogen-bond acceptors (Lipinski definition) is 7. The van der Waals surface area contributed by atoms with Gasteiger partial charge in [0.2, 0.25) is 0 Å². The van der Waals surface area contributed by atoms with Crippen LogP contribution in [0.3, 0.4) is 0 Å². The number of aromatic nitrogens is 4. The molecule has 42 heavy (non-hydrogen) atoms. The van der Waals surface area contributed by atoms with E-state index >= 15 is 0 Å². The highest BCUT2D eigenvalue weighted by Gasteiger charge is 2.37. The number of nitrogens with zero attached hydrogens (tertiary/aromatic N) is 7. The van der Waals surface area contributed by atoms with Gasteiger partial charge in [-0.25, -0.2) is 4.98 Å². The third-order valence-electron chi connectivity index (χ3n) is 8.83. The molecular weight excluding hydrogens is 524 g/mol. The predicted molar refractivity (Wildman–Crippen MR) is 157 cm³/mol. The zero-order valence-corrected chi connectivity index (χ0v) is 23.5. The zero-order chi connectivity index (χ0) is 28.8. The maximum absolute atomic E-state index is 13.8. The van der Waals surface area contributed by atoms with Crippen molar-refractivity contribution in [2.24, 2.45) is 12.5 Å². The molecule has 0 spiro atoms. The predicted octanol–water partition coefficient (Wildman–Crippen LogP) is 5.24. The van der Waals surface area contributed by atoms with Crippen LogP contribution in [0.4, 0.5) is 5.82 Å². The van der Waals surface area contributed by atoms with E-state index in [1.165, 1.54) is 0 Å². The minimum Gasteiger partial charge on any atom is -0.317 e. The molecule has 2 saturated carbocycles. The van der Waals surface area contributed by atoms with Gasteiger partial charge in [0.15, 0.2) is 5.82 Å². The summed E-state index contributed by atoms with van der Waals surface area (Å²) in [6.07, 6.45) is 6.82. The van der Waals surface area contributed by atoms with Gasteiger partial charge < -0.3 is 9.88 Å². The molecule has 208 valence electrons. The zero-order valence-electron chi connectivity index (χ0n) is 23.5. The quantitative estimate of drug-likeness (QED) is 0.316. The number of fused-ring (bicyclic) bond motifs is 1. The van der Waals surface area contributed by atoms with E-state index in [1.807, 2.05) is 48.0 Å². The minimum atomic E-state index is -0.235. The Hall–Kier alpha value is -4.86. The lowest BCUT2D eigenvalue weighted by Crippen LogP contribution is -2.38. The molecule has 9 heteroatoms. The number of benzene rings is 2. The molecule has 0 atom stereocenters. The number of carbonyl (C=O) groups is 1. The summed E-state index contributed by atoms with van der Waals surface area (Å²) >= 11 is 0. The Morgan fingerprint density at radius 1 is 1.05 bits per heavy atom. The fourth-order valence-electron chi connectivity index (χ4n) is 6.02. The average Bonchev–Trinajstić information content (AvgIpc) is 3.68. The second-order valence-electron chi connectivity index (χ2n) is 11.8. The lowest BCUT2D eigenvalue weighted by molar-refractivity contribution is 0.0996. The first kappa shape index (κ1) is 26.1. The Balaban J connectivity index is 1.20. The first-order valence-electron chi connectivity index (χ1n) is 14.4. The standard InChI is InChI=1S/C33H30N8O/c1-40-20-37-39-31(40)28-11-21(15-34)4-8-26(28)25-13-29(23-6-7-23)38-30(14-25)41-17-24-5-3-22(12-27(24)32(41)42)16-36-19-33(18-35)9-2-10-33/h3-5,8,11-14,20,23,36H,2,6-7,9-10,16-17,19H2,1H3. The van der Waals surface area contributed by atoms with Crippen LogP contribution in [0.2, 0.25) is 0 Å². The molecule has 0 bridgehead atoms. The van der Waals surface area contributed by atoms with Crippen LogP contribution in [0, 0.1) is 28.1 Å². The number of nitriles is 2. The van der Waals surface area contributed by atoms with Crippen molar-refractivity contribution in [3.63, 3.8) is 0 Å². The van der Waals surface area contributed by atoms with Gasteiger partial charge in [-0.15, -0.1) is 10.2 Å². The number of amides is 1. The van der Waals surface area contributed by atoms with Crippen LogP contribution >= 0.6 is 0 Å². The maximum atomic E-state index is 13.8. The van der Waals surface area contributed by atoms with Crippen molar-refractivity contribution in [1.82, 2.24) is 25.1 Å². The van der Waals surface area contributed by atoms with Gasteiger partial charge in [0.1, 0.15) is 12.1 Å². The van der Waals surface area contributed by atoms with E-state index in [0.717, 1.165) is 65.6 Å². The van der Waals surface area contributed by atoms with Crippen LogP contribution < -0.4 is 10.2 Å². The molecule has 0 radical (unpaired) electrons. The third-order valence-corrected chi connectivity index (χ3v) is 8.83. The number of nitrogens with one attached hydrogen (secondary N) is 1. The van der Waals surface area contributed by atoms with E-state index in [-0.39, 0.29) is 11.3 Å². The molecule has 3 aliphatic rings. The molecule has 1 amide bonds. The Bertz CT molecular complexity index is 1800. The minimum absolute atomic E-state index is 0.0564. The van der Waals surface area contributed by atoms with Crippen molar-refractivity contribution >= 4 is 11.7 Å². The number of hydrogen-bond donors (Lipinski definition) is 1. The summed E-state index contributed by atoms with van der Waals surface area (Å²) in [4.78, 5) is 20.5. The molecule has 0 unspecified atom stereocenters. The van der Waals surface area contributed by atoms with E-state index in [4.69, 9.17) is 4.98 Å². The van der Waals surface area contributed by atoms with Crippen molar-refractivity contribution in [3.05, 3.63) is 82.8 Å². The Kier molecular flexibility index (Phi) is 6.33. The summed E-state index contributed by atoms with van der Waals surface area (Å²) in [5.41, 5.74) is 6.65. The highest BCUT2D eigenvalue weighted by atomic mass is 16.2. The Labute approximate surface area is 244 Å². The molecule has 2 aromatic carbocycles. The summed E-state index contributed by atoms with van der Waals surface area (Å²) in [6.45, 7) is 1.75. The van der Waals surface area contributed by atoms with Crippen LogP contribution in [0.5, 0.6) is 0 Å².